The third-order valence-electron chi connectivity index (χ3n) is 7.87. The Morgan fingerprint density at radius 2 is 0.933 bits per heavy atom. The van der Waals surface area contributed by atoms with Crippen LogP contribution in [0.5, 0.6) is 0 Å². The first-order chi connectivity index (χ1) is 29.4. The molecule has 8 aromatic carbocycles. The second-order valence-electron chi connectivity index (χ2n) is 10.4. The van der Waals surface area contributed by atoms with E-state index in [1.807, 2.05) is 48.5 Å². The van der Waals surface area contributed by atoms with E-state index in [9.17, 15) is 8.22 Å². The molecule has 0 spiro atoms. The Bertz CT molecular complexity index is 3380. The van der Waals surface area contributed by atoms with Gasteiger partial charge in [0.2, 0.25) is 0 Å². The molecule has 0 aliphatic rings. The Hall–Kier alpha value is -5.92. The van der Waals surface area contributed by atoms with E-state index in [2.05, 4.69) is 0 Å². The van der Waals surface area contributed by atoms with Crippen LogP contribution in [0.1, 0.15) is 23.3 Å². The lowest BCUT2D eigenvalue weighted by molar-refractivity contribution is 0.669. The van der Waals surface area contributed by atoms with Crippen LogP contribution in [0.25, 0.3) is 88.0 Å². The summed E-state index contributed by atoms with van der Waals surface area (Å²) in [5.41, 5.74) is 0.899. The van der Waals surface area contributed by atoms with Crippen molar-refractivity contribution in [2.45, 2.75) is 0 Å². The fourth-order valence-corrected chi connectivity index (χ4v) is 5.86. The van der Waals surface area contributed by atoms with Crippen molar-refractivity contribution in [3.05, 3.63) is 169 Å². The van der Waals surface area contributed by atoms with E-state index in [1.165, 1.54) is 0 Å². The molecule has 210 valence electrons. The maximum absolute atomic E-state index is 9.75. The number of fused-ring (bicyclic) bond motifs is 5. The Balaban J connectivity index is 1.45. The van der Waals surface area contributed by atoms with E-state index in [0.29, 0.717) is 21.9 Å². The summed E-state index contributed by atoms with van der Waals surface area (Å²) in [7, 11) is 0. The van der Waals surface area contributed by atoms with Crippen LogP contribution in [0, 0.1) is 0 Å². The summed E-state index contributed by atoms with van der Waals surface area (Å²) < 4.78 is 158. The Kier molecular flexibility index (Phi) is 3.18. The van der Waals surface area contributed by atoms with Crippen LogP contribution < -0.4 is 0 Å². The van der Waals surface area contributed by atoms with Crippen LogP contribution in [0.2, 0.25) is 0 Å². The lowest BCUT2D eigenvalue weighted by Gasteiger charge is -2.18. The van der Waals surface area contributed by atoms with Crippen molar-refractivity contribution < 1.29 is 27.7 Å². The summed E-state index contributed by atoms with van der Waals surface area (Å²) in [6.07, 6.45) is 0. The molecular weight excluding hydrogens is 544 g/mol. The summed E-state index contributed by atoms with van der Waals surface area (Å²) in [6.45, 7) is 0. The van der Waals surface area contributed by atoms with Gasteiger partial charge in [-0.25, -0.2) is 0 Å². The van der Waals surface area contributed by atoms with E-state index in [-0.39, 0.29) is 11.1 Å². The molecule has 0 aliphatic carbocycles. The Morgan fingerprint density at radius 3 is 1.64 bits per heavy atom. The maximum Gasteiger partial charge on any atom is 0.136 e. The Labute approximate surface area is 285 Å². The van der Waals surface area contributed by atoms with Crippen molar-refractivity contribution in [1.29, 1.82) is 0 Å². The highest BCUT2D eigenvalue weighted by molar-refractivity contribution is 6.21. The number of benzene rings is 8. The standard InChI is InChI=1S/C44H28O/c1-3-12-29(13-4-1)33-22-24-35-40-27-32(23-25-41(40)45-42(35)28-33)31-16-11-17-34(26-31)44-38-20-9-7-18-36(38)43(30-14-5-2-6-15-30)37-19-8-10-21-39(37)44/h1-28H/i2D,5D,6D,7D,8D,9D,10D,11D,14D,15D,16D,17D,18D,19D,20D,21D,26D. The largest absolute Gasteiger partial charge is 0.456 e. The van der Waals surface area contributed by atoms with Crippen LogP contribution in [0.4, 0.5) is 0 Å². The van der Waals surface area contributed by atoms with Crippen molar-refractivity contribution in [3.63, 3.8) is 0 Å². The van der Waals surface area contributed by atoms with Crippen molar-refractivity contribution in [1.82, 2.24) is 0 Å². The average molecular weight is 590 g/mol. The van der Waals surface area contributed by atoms with Crippen LogP contribution in [0.15, 0.2) is 174 Å². The topological polar surface area (TPSA) is 13.1 Å². The van der Waals surface area contributed by atoms with Crippen LogP contribution in [-0.4, -0.2) is 0 Å². The molecule has 0 aliphatic heterocycles. The molecular formula is C44H28O. The van der Waals surface area contributed by atoms with E-state index >= 15 is 0 Å². The van der Waals surface area contributed by atoms with Gasteiger partial charge in [-0.05, 0) is 96.4 Å². The van der Waals surface area contributed by atoms with Crippen molar-refractivity contribution >= 4 is 43.5 Å². The molecule has 0 saturated heterocycles. The van der Waals surface area contributed by atoms with Gasteiger partial charge in [0.05, 0.1) is 23.3 Å². The molecule has 1 nitrogen and oxygen atoms in total. The first-order valence-corrected chi connectivity index (χ1v) is 14.0. The van der Waals surface area contributed by atoms with Gasteiger partial charge in [-0.15, -0.1) is 0 Å². The fraction of sp³-hybridized carbons (Fsp3) is 0. The van der Waals surface area contributed by atoms with Crippen LogP contribution >= 0.6 is 0 Å². The molecule has 1 aromatic heterocycles. The fourth-order valence-electron chi connectivity index (χ4n) is 5.86. The summed E-state index contributed by atoms with van der Waals surface area (Å²) in [6, 6.07) is 7.17. The molecule has 1 heterocycles. The maximum atomic E-state index is 9.75. The lowest BCUT2D eigenvalue weighted by atomic mass is 9.85. The van der Waals surface area contributed by atoms with Crippen LogP contribution in [0.3, 0.4) is 0 Å². The first-order valence-electron chi connectivity index (χ1n) is 22.5. The number of hydrogen-bond acceptors (Lipinski definition) is 1. The minimum absolute atomic E-state index is 0.171. The third-order valence-corrected chi connectivity index (χ3v) is 7.87. The van der Waals surface area contributed by atoms with Gasteiger partial charge < -0.3 is 4.42 Å². The molecule has 0 atom stereocenters. The second kappa shape index (κ2) is 10.4. The zero-order valence-corrected chi connectivity index (χ0v) is 23.3. The predicted octanol–water partition coefficient (Wildman–Crippen LogP) is 12.6. The van der Waals surface area contributed by atoms with Crippen molar-refractivity contribution in [2.24, 2.45) is 0 Å². The van der Waals surface area contributed by atoms with Gasteiger partial charge in [-0.3, -0.25) is 0 Å². The predicted molar refractivity (Wildman–Crippen MR) is 190 cm³/mol. The minimum Gasteiger partial charge on any atom is -0.456 e. The smallest absolute Gasteiger partial charge is 0.136 e. The number of hydrogen-bond donors (Lipinski definition) is 0. The molecule has 9 aromatic rings. The van der Waals surface area contributed by atoms with Gasteiger partial charge in [0.1, 0.15) is 11.2 Å². The highest BCUT2D eigenvalue weighted by Gasteiger charge is 2.17. The summed E-state index contributed by atoms with van der Waals surface area (Å²) >= 11 is 0. The summed E-state index contributed by atoms with van der Waals surface area (Å²) in [4.78, 5) is 0. The summed E-state index contributed by atoms with van der Waals surface area (Å²) in [5.74, 6) is 0. The minimum atomic E-state index is -0.820. The molecule has 0 saturated carbocycles. The third kappa shape index (κ3) is 4.24. The van der Waals surface area contributed by atoms with Gasteiger partial charge in [-0.2, -0.15) is 0 Å². The quantitative estimate of drug-likeness (QED) is 0.186. The molecule has 0 bridgehead atoms. The number of furan rings is 1. The molecule has 0 unspecified atom stereocenters. The van der Waals surface area contributed by atoms with Gasteiger partial charge in [0, 0.05) is 10.8 Å². The van der Waals surface area contributed by atoms with E-state index in [1.54, 1.807) is 18.2 Å². The van der Waals surface area contributed by atoms with Gasteiger partial charge in [0.15, 0.2) is 0 Å². The lowest BCUT2D eigenvalue weighted by Crippen LogP contribution is -1.91. The van der Waals surface area contributed by atoms with E-state index < -0.39 is 147 Å². The molecule has 0 fully saturated rings. The normalized spacial score (nSPS) is 16.8. The van der Waals surface area contributed by atoms with E-state index in [4.69, 9.17) is 19.5 Å². The monoisotopic (exact) mass is 589 g/mol. The van der Waals surface area contributed by atoms with Gasteiger partial charge in [0.25, 0.3) is 0 Å². The van der Waals surface area contributed by atoms with E-state index in [0.717, 1.165) is 11.1 Å². The van der Waals surface area contributed by atoms with Gasteiger partial charge in [-0.1, -0.05) is 139 Å². The highest BCUT2D eigenvalue weighted by Crippen LogP contribution is 2.44. The number of rotatable bonds is 4. The molecule has 0 N–H and O–H groups in total. The Morgan fingerprint density at radius 1 is 0.356 bits per heavy atom. The average Bonchev–Trinajstić information content (AvgIpc) is 3.64. The second-order valence-corrected chi connectivity index (χ2v) is 10.4. The van der Waals surface area contributed by atoms with Gasteiger partial charge >= 0.3 is 0 Å². The zero-order chi connectivity index (χ0) is 44.5. The van der Waals surface area contributed by atoms with Crippen LogP contribution in [-0.2, 0) is 0 Å². The molecule has 0 amide bonds. The zero-order valence-electron chi connectivity index (χ0n) is 40.3. The molecule has 45 heavy (non-hydrogen) atoms. The molecule has 9 rings (SSSR count). The molecule has 0 radical (unpaired) electrons. The van der Waals surface area contributed by atoms with Crippen molar-refractivity contribution in [2.75, 3.05) is 0 Å². The van der Waals surface area contributed by atoms with Crippen molar-refractivity contribution in [3.8, 4) is 44.5 Å². The SMILES string of the molecule is [2H]c1c([2H])c([2H])c(-c2c3c([2H])c([2H])c([2H])c([2H])c3c(-c3c([2H])c([2H])c([2H])c(-c4ccc5oc6cc(-c7ccccc7)ccc6c5c4)c3[2H])c3c([2H])c([2H])c([2H])c([2H])c23)c([2H])c1[2H]. The molecule has 1 heteroatoms. The highest BCUT2D eigenvalue weighted by atomic mass is 16.3. The first kappa shape index (κ1) is 13.8. The summed E-state index contributed by atoms with van der Waals surface area (Å²) in [5, 5.41) is -0.705.